The molecule has 0 saturated carbocycles. The Balaban J connectivity index is 1.31. The summed E-state index contributed by atoms with van der Waals surface area (Å²) >= 11 is 0. The van der Waals surface area contributed by atoms with Gasteiger partial charge in [-0.2, -0.15) is 0 Å². The van der Waals surface area contributed by atoms with Gasteiger partial charge < -0.3 is 15.0 Å². The van der Waals surface area contributed by atoms with Gasteiger partial charge in [-0.1, -0.05) is 30.7 Å². The summed E-state index contributed by atoms with van der Waals surface area (Å²) in [5.41, 5.74) is 3.27. The van der Waals surface area contributed by atoms with Crippen LogP contribution in [0.5, 0.6) is 11.6 Å². The Morgan fingerprint density at radius 2 is 1.81 bits per heavy atom. The molecule has 0 unspecified atom stereocenters. The van der Waals surface area contributed by atoms with Gasteiger partial charge in [0.25, 0.3) is 5.69 Å². The molecule has 37 heavy (non-hydrogen) atoms. The number of nitrogens with zero attached hydrogens (tertiary/aromatic N) is 5. The quantitative estimate of drug-likeness (QED) is 0.404. The van der Waals surface area contributed by atoms with Gasteiger partial charge in [-0.05, 0) is 37.6 Å². The van der Waals surface area contributed by atoms with Gasteiger partial charge in [-0.3, -0.25) is 4.90 Å². The second-order valence-electron chi connectivity index (χ2n) is 9.35. The van der Waals surface area contributed by atoms with Gasteiger partial charge in [0, 0.05) is 55.6 Å². The monoisotopic (exact) mass is 502 g/mol. The Hall–Kier alpha value is -3.87. The number of benzene rings is 2. The van der Waals surface area contributed by atoms with Crippen LogP contribution in [0.3, 0.4) is 0 Å². The minimum atomic E-state index is -0.677. The third kappa shape index (κ3) is 5.31. The molecule has 1 N–H and O–H groups in total. The molecule has 0 amide bonds. The molecule has 1 saturated heterocycles. The highest BCUT2D eigenvalue weighted by Crippen LogP contribution is 2.40. The Morgan fingerprint density at radius 1 is 1.08 bits per heavy atom. The van der Waals surface area contributed by atoms with E-state index in [1.165, 1.54) is 11.9 Å². The summed E-state index contributed by atoms with van der Waals surface area (Å²) in [5, 5.41) is 3.12. The molecular formula is C28H28F2N6O. The minimum Gasteiger partial charge on any atom is -0.446 e. The van der Waals surface area contributed by atoms with Crippen molar-refractivity contribution in [2.45, 2.75) is 26.8 Å². The molecule has 5 rings (SSSR count). The molecule has 190 valence electrons. The summed E-state index contributed by atoms with van der Waals surface area (Å²) in [6.07, 6.45) is 3.20. The Morgan fingerprint density at radius 3 is 2.51 bits per heavy atom. The van der Waals surface area contributed by atoms with Crippen LogP contribution in [-0.2, 0) is 13.0 Å². The van der Waals surface area contributed by atoms with E-state index in [-0.39, 0.29) is 28.7 Å². The molecule has 0 radical (unpaired) electrons. The minimum absolute atomic E-state index is 0.0209. The first-order chi connectivity index (χ1) is 17.9. The van der Waals surface area contributed by atoms with Crippen LogP contribution < -0.4 is 10.1 Å². The fraction of sp³-hybridized carbons (Fsp3) is 0.321. The molecule has 0 spiro atoms. The van der Waals surface area contributed by atoms with Gasteiger partial charge in [-0.25, -0.2) is 23.6 Å². The lowest BCUT2D eigenvalue weighted by Crippen LogP contribution is -2.45. The molecule has 9 heteroatoms. The van der Waals surface area contributed by atoms with Crippen LogP contribution in [0.15, 0.2) is 42.2 Å². The van der Waals surface area contributed by atoms with Crippen molar-refractivity contribution < 1.29 is 13.5 Å². The molecule has 2 aliphatic rings. The van der Waals surface area contributed by atoms with Gasteiger partial charge in [0.2, 0.25) is 5.88 Å². The van der Waals surface area contributed by atoms with Crippen LogP contribution in [0.2, 0.25) is 0 Å². The van der Waals surface area contributed by atoms with Crippen molar-refractivity contribution in [3.05, 3.63) is 82.0 Å². The molecule has 1 aliphatic carbocycles. The molecule has 0 atom stereocenters. The number of halogens is 2. The number of anilines is 2. The number of ether oxygens (including phenoxy) is 1. The number of hydrogen-bond acceptors (Lipinski definition) is 6. The molecule has 1 fully saturated rings. The lowest BCUT2D eigenvalue weighted by atomic mass is 10.1. The van der Waals surface area contributed by atoms with Crippen LogP contribution >= 0.6 is 0 Å². The third-order valence-corrected chi connectivity index (χ3v) is 6.81. The van der Waals surface area contributed by atoms with Crippen molar-refractivity contribution in [2.75, 3.05) is 38.0 Å². The van der Waals surface area contributed by atoms with Crippen molar-refractivity contribution >= 4 is 23.3 Å². The van der Waals surface area contributed by atoms with E-state index < -0.39 is 11.6 Å². The van der Waals surface area contributed by atoms with E-state index in [2.05, 4.69) is 36.9 Å². The van der Waals surface area contributed by atoms with Crippen LogP contribution in [0.25, 0.3) is 10.9 Å². The van der Waals surface area contributed by atoms with Crippen molar-refractivity contribution in [2.24, 2.45) is 0 Å². The zero-order valence-corrected chi connectivity index (χ0v) is 20.9. The van der Waals surface area contributed by atoms with E-state index >= 15 is 4.39 Å². The van der Waals surface area contributed by atoms with E-state index in [4.69, 9.17) is 11.3 Å². The van der Waals surface area contributed by atoms with Crippen molar-refractivity contribution in [1.82, 2.24) is 19.8 Å². The van der Waals surface area contributed by atoms with Crippen LogP contribution in [-0.4, -0.2) is 52.5 Å². The highest BCUT2D eigenvalue weighted by atomic mass is 19.1. The average Bonchev–Trinajstić information content (AvgIpc) is 3.31. The molecule has 3 aromatic rings. The first-order valence-corrected chi connectivity index (χ1v) is 12.3. The van der Waals surface area contributed by atoms with Gasteiger partial charge in [0.15, 0.2) is 11.6 Å². The molecule has 7 nitrogen and oxygen atoms in total. The van der Waals surface area contributed by atoms with E-state index in [1.807, 2.05) is 31.2 Å². The van der Waals surface area contributed by atoms with Crippen LogP contribution in [0, 0.1) is 18.2 Å². The first-order valence-electron chi connectivity index (χ1n) is 12.3. The zero-order chi connectivity index (χ0) is 25.9. The number of nitrogens with one attached hydrogen (secondary N) is 1. The predicted octanol–water partition coefficient (Wildman–Crippen LogP) is 5.94. The molecule has 0 bridgehead atoms. The fourth-order valence-corrected chi connectivity index (χ4v) is 4.73. The Kier molecular flexibility index (Phi) is 7.12. The summed E-state index contributed by atoms with van der Waals surface area (Å²) in [4.78, 5) is 16.6. The lowest BCUT2D eigenvalue weighted by Gasteiger charge is -2.34. The topological polar surface area (TPSA) is 57.9 Å². The second kappa shape index (κ2) is 10.6. The van der Waals surface area contributed by atoms with E-state index in [9.17, 15) is 4.39 Å². The zero-order valence-electron chi connectivity index (χ0n) is 20.9. The first kappa shape index (κ1) is 24.8. The van der Waals surface area contributed by atoms with E-state index in [0.717, 1.165) is 56.6 Å². The maximum Gasteiger partial charge on any atom is 0.288 e. The lowest BCUT2D eigenvalue weighted by molar-refractivity contribution is 0.132. The average molecular weight is 503 g/mol. The SMILES string of the molecule is [C-]#[N+]c1c(Nc2ccc(CN3CCN(CC)CC3)cc2)ncnc1Oc1cc(F)c2c(c1F)C=C(C)C2. The van der Waals surface area contributed by atoms with Crippen molar-refractivity contribution in [3.8, 4) is 11.6 Å². The highest BCUT2D eigenvalue weighted by molar-refractivity contribution is 5.75. The van der Waals surface area contributed by atoms with E-state index in [1.54, 1.807) is 6.08 Å². The summed E-state index contributed by atoms with van der Waals surface area (Å²) in [6, 6.07) is 8.95. The van der Waals surface area contributed by atoms with Crippen LogP contribution in [0.1, 0.15) is 30.5 Å². The molecule has 2 aromatic carbocycles. The second-order valence-corrected chi connectivity index (χ2v) is 9.35. The number of likely N-dealkylation sites (N-methyl/N-ethyl adjacent to an activating group) is 1. The molecular weight excluding hydrogens is 474 g/mol. The smallest absolute Gasteiger partial charge is 0.288 e. The Bertz CT molecular complexity index is 1370. The molecule has 1 aliphatic heterocycles. The largest absolute Gasteiger partial charge is 0.446 e. The highest BCUT2D eigenvalue weighted by Gasteiger charge is 2.24. The Labute approximate surface area is 215 Å². The van der Waals surface area contributed by atoms with Gasteiger partial charge in [0.05, 0.1) is 6.57 Å². The fourth-order valence-electron chi connectivity index (χ4n) is 4.73. The predicted molar refractivity (Wildman–Crippen MR) is 139 cm³/mol. The molecule has 2 heterocycles. The maximum atomic E-state index is 15.1. The molecule has 1 aromatic heterocycles. The number of piperazine rings is 1. The standard InChI is InChI=1S/C28H28F2N6O/c1-4-35-9-11-36(12-10-35)16-19-5-7-20(8-6-19)34-27-26(31-3)28(33-17-32-27)37-24-15-23(29)21-13-18(2)14-22(21)25(24)30/h5-8,14-15,17H,4,9-13,16H2,1-2H3,(H,32,33,34). The number of hydrogen-bond donors (Lipinski definition) is 1. The van der Waals surface area contributed by atoms with Crippen molar-refractivity contribution in [1.29, 1.82) is 0 Å². The number of aromatic nitrogens is 2. The summed E-state index contributed by atoms with van der Waals surface area (Å²) in [5.74, 6) is -1.47. The normalized spacial score (nSPS) is 15.7. The number of fused-ring (bicyclic) bond motifs is 1. The third-order valence-electron chi connectivity index (χ3n) is 6.81. The summed E-state index contributed by atoms with van der Waals surface area (Å²) in [7, 11) is 0. The summed E-state index contributed by atoms with van der Waals surface area (Å²) in [6.45, 7) is 17.9. The number of allylic oxidation sites excluding steroid dienone is 1. The van der Waals surface area contributed by atoms with Gasteiger partial charge in [0.1, 0.15) is 18.0 Å². The van der Waals surface area contributed by atoms with Gasteiger partial charge in [-0.15, -0.1) is 0 Å². The number of rotatable bonds is 7. The summed E-state index contributed by atoms with van der Waals surface area (Å²) < 4.78 is 35.3. The van der Waals surface area contributed by atoms with Crippen LogP contribution in [0.4, 0.5) is 26.0 Å². The van der Waals surface area contributed by atoms with E-state index in [0.29, 0.717) is 12.0 Å². The maximum absolute atomic E-state index is 15.1. The van der Waals surface area contributed by atoms with Crippen molar-refractivity contribution in [3.63, 3.8) is 0 Å². The van der Waals surface area contributed by atoms with Gasteiger partial charge >= 0.3 is 0 Å².